The molecule has 1 aromatic carbocycles. The maximum absolute atomic E-state index is 10.1. The van der Waals surface area contributed by atoms with Crippen molar-refractivity contribution in [1.29, 1.82) is 15.8 Å². The molecule has 7 heteroatoms. The van der Waals surface area contributed by atoms with Gasteiger partial charge in [-0.05, 0) is 44.2 Å². The van der Waals surface area contributed by atoms with Crippen LogP contribution in [0.1, 0.15) is 25.3 Å². The first-order chi connectivity index (χ1) is 14.5. The summed E-state index contributed by atoms with van der Waals surface area (Å²) < 4.78 is 11.4. The predicted molar refractivity (Wildman–Crippen MR) is 111 cm³/mol. The molecule has 30 heavy (non-hydrogen) atoms. The van der Waals surface area contributed by atoms with Crippen LogP contribution in [-0.4, -0.2) is 38.3 Å². The SMILES string of the molecule is CCOc1ccc([C@@H]2[C@H]3CN(C)CC=C3C(C#N)=C(N)C2(C#N)C#N)cc1OCC. The minimum atomic E-state index is -1.65. The summed E-state index contributed by atoms with van der Waals surface area (Å²) in [6, 6.07) is 12.0. The lowest BCUT2D eigenvalue weighted by Crippen LogP contribution is -2.47. The van der Waals surface area contributed by atoms with Gasteiger partial charge < -0.3 is 20.1 Å². The van der Waals surface area contributed by atoms with Gasteiger partial charge in [0.05, 0.1) is 36.6 Å². The zero-order valence-electron chi connectivity index (χ0n) is 17.5. The molecule has 1 aliphatic carbocycles. The Kier molecular flexibility index (Phi) is 6.01. The average Bonchev–Trinajstić information content (AvgIpc) is 2.75. The summed E-state index contributed by atoms with van der Waals surface area (Å²) in [5.74, 6) is 0.395. The molecule has 2 atom stereocenters. The van der Waals surface area contributed by atoms with Crippen molar-refractivity contribution in [2.75, 3.05) is 33.4 Å². The first-order valence-electron chi connectivity index (χ1n) is 9.98. The molecule has 0 spiro atoms. The van der Waals surface area contributed by atoms with E-state index in [-0.39, 0.29) is 17.2 Å². The van der Waals surface area contributed by atoms with Crippen LogP contribution in [-0.2, 0) is 0 Å². The van der Waals surface area contributed by atoms with Crippen LogP contribution >= 0.6 is 0 Å². The molecule has 0 amide bonds. The number of hydrogen-bond donors (Lipinski definition) is 1. The molecule has 1 aromatic rings. The fourth-order valence-corrected chi connectivity index (χ4v) is 4.46. The third-order valence-electron chi connectivity index (χ3n) is 5.77. The topological polar surface area (TPSA) is 119 Å². The van der Waals surface area contributed by atoms with E-state index in [1.165, 1.54) is 0 Å². The standard InChI is InChI=1S/C23H25N5O2/c1-4-29-19-7-6-15(10-20(19)30-5-2)21-18-12-28(3)9-8-16(18)17(11-24)22(27)23(21,13-25)14-26/h6-8,10,18,21H,4-5,9,12,27H2,1-3H3/t18-,21+/m0/s1. The zero-order valence-corrected chi connectivity index (χ0v) is 17.5. The highest BCUT2D eigenvalue weighted by atomic mass is 16.5. The number of hydrogen-bond acceptors (Lipinski definition) is 7. The van der Waals surface area contributed by atoms with Gasteiger partial charge in [-0.25, -0.2) is 0 Å². The lowest BCUT2D eigenvalue weighted by Gasteiger charge is -2.45. The molecule has 0 fully saturated rings. The van der Waals surface area contributed by atoms with Crippen molar-refractivity contribution in [3.63, 3.8) is 0 Å². The third kappa shape index (κ3) is 3.26. The number of nitriles is 3. The van der Waals surface area contributed by atoms with Gasteiger partial charge in [0, 0.05) is 24.9 Å². The summed E-state index contributed by atoms with van der Waals surface area (Å²) >= 11 is 0. The quantitative estimate of drug-likeness (QED) is 0.803. The number of allylic oxidation sites excluding steroid dienone is 2. The van der Waals surface area contributed by atoms with E-state index in [2.05, 4.69) is 23.1 Å². The Hall–Kier alpha value is -3.47. The summed E-state index contributed by atoms with van der Waals surface area (Å²) in [6.45, 7) is 6.01. The minimum Gasteiger partial charge on any atom is -0.490 e. The van der Waals surface area contributed by atoms with Crippen LogP contribution in [0.3, 0.4) is 0 Å². The monoisotopic (exact) mass is 403 g/mol. The van der Waals surface area contributed by atoms with Crippen LogP contribution in [0.15, 0.2) is 41.1 Å². The molecule has 0 bridgehead atoms. The molecule has 0 aromatic heterocycles. The smallest absolute Gasteiger partial charge is 0.191 e. The second-order valence-electron chi connectivity index (χ2n) is 7.47. The summed E-state index contributed by atoms with van der Waals surface area (Å²) in [4.78, 5) is 2.11. The van der Waals surface area contributed by atoms with E-state index in [1.54, 1.807) is 6.07 Å². The molecule has 1 aliphatic heterocycles. The van der Waals surface area contributed by atoms with E-state index in [0.29, 0.717) is 37.8 Å². The molecule has 154 valence electrons. The van der Waals surface area contributed by atoms with Gasteiger partial charge in [-0.1, -0.05) is 12.1 Å². The van der Waals surface area contributed by atoms with Crippen LogP contribution in [0, 0.1) is 45.3 Å². The van der Waals surface area contributed by atoms with E-state index in [0.717, 1.165) is 11.1 Å². The van der Waals surface area contributed by atoms with Crippen LogP contribution in [0.4, 0.5) is 0 Å². The molecular weight excluding hydrogens is 378 g/mol. The van der Waals surface area contributed by atoms with Crippen molar-refractivity contribution < 1.29 is 9.47 Å². The third-order valence-corrected chi connectivity index (χ3v) is 5.77. The first kappa shape index (κ1) is 21.2. The summed E-state index contributed by atoms with van der Waals surface area (Å²) in [6.07, 6.45) is 1.98. The number of nitrogens with zero attached hydrogens (tertiary/aromatic N) is 4. The summed E-state index contributed by atoms with van der Waals surface area (Å²) in [5, 5.41) is 30.0. The lowest BCUT2D eigenvalue weighted by atomic mass is 9.58. The van der Waals surface area contributed by atoms with Crippen LogP contribution < -0.4 is 15.2 Å². The summed E-state index contributed by atoms with van der Waals surface area (Å²) in [7, 11) is 1.97. The van der Waals surface area contributed by atoms with E-state index >= 15 is 0 Å². The molecule has 3 rings (SSSR count). The highest BCUT2D eigenvalue weighted by molar-refractivity contribution is 5.60. The van der Waals surface area contributed by atoms with Gasteiger partial charge in [0.25, 0.3) is 0 Å². The largest absolute Gasteiger partial charge is 0.490 e. The second-order valence-corrected chi connectivity index (χ2v) is 7.47. The Bertz CT molecular complexity index is 1010. The van der Waals surface area contributed by atoms with Crippen LogP contribution in [0.25, 0.3) is 0 Å². The van der Waals surface area contributed by atoms with Gasteiger partial charge in [0.2, 0.25) is 0 Å². The highest BCUT2D eigenvalue weighted by Crippen LogP contribution is 2.54. The van der Waals surface area contributed by atoms with Gasteiger partial charge in [0.1, 0.15) is 6.07 Å². The van der Waals surface area contributed by atoms with Crippen molar-refractivity contribution in [2.24, 2.45) is 17.1 Å². The second kappa shape index (κ2) is 8.49. The first-order valence-corrected chi connectivity index (χ1v) is 9.98. The fraction of sp³-hybridized carbons (Fsp3) is 0.435. The predicted octanol–water partition coefficient (Wildman–Crippen LogP) is 2.84. The molecule has 0 saturated carbocycles. The normalized spacial score (nSPS) is 22.7. The maximum atomic E-state index is 10.1. The molecule has 7 nitrogen and oxygen atoms in total. The van der Waals surface area contributed by atoms with Crippen LogP contribution in [0.2, 0.25) is 0 Å². The Labute approximate surface area is 177 Å². The van der Waals surface area contributed by atoms with Crippen molar-refractivity contribution in [3.05, 3.63) is 46.7 Å². The Morgan fingerprint density at radius 2 is 1.80 bits per heavy atom. The molecule has 0 saturated heterocycles. The maximum Gasteiger partial charge on any atom is 0.191 e. The number of fused-ring (bicyclic) bond motifs is 1. The number of rotatable bonds is 5. The van der Waals surface area contributed by atoms with Crippen molar-refractivity contribution in [2.45, 2.75) is 19.8 Å². The summed E-state index contributed by atoms with van der Waals surface area (Å²) in [5.41, 5.74) is 6.54. The Morgan fingerprint density at radius 1 is 1.13 bits per heavy atom. The van der Waals surface area contributed by atoms with Gasteiger partial charge in [-0.15, -0.1) is 0 Å². The molecule has 1 heterocycles. The van der Waals surface area contributed by atoms with E-state index in [4.69, 9.17) is 15.2 Å². The number of likely N-dealkylation sites (N-methyl/N-ethyl adjacent to an activating group) is 1. The minimum absolute atomic E-state index is 0.0268. The van der Waals surface area contributed by atoms with Crippen molar-refractivity contribution in [3.8, 4) is 29.7 Å². The number of benzene rings is 1. The molecular formula is C23H25N5O2. The van der Waals surface area contributed by atoms with E-state index in [9.17, 15) is 15.8 Å². The molecule has 0 unspecified atom stereocenters. The Morgan fingerprint density at radius 3 is 2.40 bits per heavy atom. The molecule has 2 aliphatic rings. The lowest BCUT2D eigenvalue weighted by molar-refractivity contribution is 0.236. The highest BCUT2D eigenvalue weighted by Gasteiger charge is 2.54. The fourth-order valence-electron chi connectivity index (χ4n) is 4.46. The number of ether oxygens (including phenoxy) is 2. The van der Waals surface area contributed by atoms with Crippen molar-refractivity contribution in [1.82, 2.24) is 4.90 Å². The van der Waals surface area contributed by atoms with E-state index in [1.807, 2.05) is 39.1 Å². The van der Waals surface area contributed by atoms with Gasteiger partial charge >= 0.3 is 0 Å². The van der Waals surface area contributed by atoms with Gasteiger partial charge in [0.15, 0.2) is 16.9 Å². The average molecular weight is 403 g/mol. The molecule has 0 radical (unpaired) electrons. The van der Waals surface area contributed by atoms with E-state index < -0.39 is 11.3 Å². The molecule has 2 N–H and O–H groups in total. The van der Waals surface area contributed by atoms with Gasteiger partial charge in [-0.3, -0.25) is 0 Å². The Balaban J connectivity index is 2.27. The van der Waals surface area contributed by atoms with Gasteiger partial charge in [-0.2, -0.15) is 15.8 Å². The number of nitrogens with two attached hydrogens (primary N) is 1. The zero-order chi connectivity index (χ0) is 21.9. The van der Waals surface area contributed by atoms with Crippen molar-refractivity contribution >= 4 is 0 Å². The van der Waals surface area contributed by atoms with Crippen LogP contribution in [0.5, 0.6) is 11.5 Å².